The molecule has 0 unspecified atom stereocenters. The lowest BCUT2D eigenvalue weighted by molar-refractivity contribution is 0.0906. The minimum Gasteiger partial charge on any atom is -0.346 e. The van der Waals surface area contributed by atoms with Gasteiger partial charge in [-0.3, -0.25) is 8.98 Å². The Balaban J connectivity index is 2.00. The molecule has 1 heterocycles. The number of thioether (sulfide) groups is 1. The number of amides is 1. The van der Waals surface area contributed by atoms with Crippen LogP contribution in [0.5, 0.6) is 0 Å². The Labute approximate surface area is 116 Å². The molecule has 7 heteroatoms. The molecular weight excluding hydrogens is 286 g/mol. The molecule has 1 aromatic rings. The highest BCUT2D eigenvalue weighted by molar-refractivity contribution is 7.99. The van der Waals surface area contributed by atoms with Gasteiger partial charge in [-0.15, -0.1) is 0 Å². The van der Waals surface area contributed by atoms with Crippen LogP contribution in [-0.4, -0.2) is 44.2 Å². The third kappa shape index (κ3) is 4.22. The zero-order valence-corrected chi connectivity index (χ0v) is 12.0. The molecule has 0 aromatic heterocycles. The van der Waals surface area contributed by atoms with Crippen LogP contribution in [0.2, 0.25) is 0 Å². The molecule has 0 radical (unpaired) electrons. The van der Waals surface area contributed by atoms with Gasteiger partial charge < -0.3 is 5.32 Å². The van der Waals surface area contributed by atoms with Crippen molar-refractivity contribution in [2.75, 3.05) is 17.8 Å². The van der Waals surface area contributed by atoms with Gasteiger partial charge in [-0.05, 0) is 12.1 Å². The van der Waals surface area contributed by atoms with Crippen LogP contribution in [0.15, 0.2) is 30.3 Å². The Bertz CT molecular complexity index is 544. The van der Waals surface area contributed by atoms with E-state index in [9.17, 15) is 13.2 Å². The maximum Gasteiger partial charge on any atom is 0.264 e. The van der Waals surface area contributed by atoms with E-state index < -0.39 is 16.2 Å². The fourth-order valence-electron chi connectivity index (χ4n) is 1.83. The fourth-order valence-corrected chi connectivity index (χ4v) is 3.79. The summed E-state index contributed by atoms with van der Waals surface area (Å²) in [5.41, 5.74) is 0.553. The summed E-state index contributed by atoms with van der Waals surface area (Å²) in [6.45, 7) is 0. The smallest absolute Gasteiger partial charge is 0.264 e. The monoisotopic (exact) mass is 301 g/mol. The van der Waals surface area contributed by atoms with Crippen molar-refractivity contribution in [1.29, 1.82) is 0 Å². The molecule has 1 saturated heterocycles. The van der Waals surface area contributed by atoms with Gasteiger partial charge in [-0.2, -0.15) is 20.2 Å². The molecule has 19 heavy (non-hydrogen) atoms. The van der Waals surface area contributed by atoms with Gasteiger partial charge in [0, 0.05) is 17.1 Å². The van der Waals surface area contributed by atoms with Gasteiger partial charge >= 0.3 is 0 Å². The molecule has 0 aliphatic carbocycles. The lowest BCUT2D eigenvalue weighted by Crippen LogP contribution is -2.44. The summed E-state index contributed by atoms with van der Waals surface area (Å²) >= 11 is 1.56. The third-order valence-electron chi connectivity index (χ3n) is 2.68. The zero-order valence-electron chi connectivity index (χ0n) is 10.4. The summed E-state index contributed by atoms with van der Waals surface area (Å²) in [7, 11) is -3.51. The van der Waals surface area contributed by atoms with Crippen molar-refractivity contribution >= 4 is 27.8 Å². The molecular formula is C12H15NO4S2. The Hall–Kier alpha value is -1.05. The second kappa shape index (κ2) is 5.94. The van der Waals surface area contributed by atoms with Crippen LogP contribution < -0.4 is 5.32 Å². The SMILES string of the molecule is CS(=O)(=O)O[C@@H]1CSC[C@H]1NC(=O)c1ccccc1. The van der Waals surface area contributed by atoms with Crippen molar-refractivity contribution in [3.8, 4) is 0 Å². The van der Waals surface area contributed by atoms with Crippen LogP contribution in [0.25, 0.3) is 0 Å². The molecule has 1 fully saturated rings. The lowest BCUT2D eigenvalue weighted by Gasteiger charge is -2.19. The van der Waals surface area contributed by atoms with E-state index in [2.05, 4.69) is 5.32 Å². The molecule has 2 atom stereocenters. The van der Waals surface area contributed by atoms with Gasteiger partial charge in [-0.25, -0.2) is 0 Å². The van der Waals surface area contributed by atoms with E-state index in [-0.39, 0.29) is 11.9 Å². The molecule has 1 aliphatic heterocycles. The van der Waals surface area contributed by atoms with Crippen molar-refractivity contribution in [1.82, 2.24) is 5.32 Å². The number of rotatable bonds is 4. The first-order valence-electron chi connectivity index (χ1n) is 5.77. The van der Waals surface area contributed by atoms with E-state index in [0.29, 0.717) is 17.1 Å². The molecule has 0 bridgehead atoms. The second-order valence-corrected chi connectivity index (χ2v) is 7.00. The Kier molecular flexibility index (Phi) is 4.49. The molecule has 0 saturated carbocycles. The molecule has 1 aromatic carbocycles. The quantitative estimate of drug-likeness (QED) is 0.836. The van der Waals surface area contributed by atoms with Crippen molar-refractivity contribution in [2.45, 2.75) is 12.1 Å². The first kappa shape index (κ1) is 14.4. The highest BCUT2D eigenvalue weighted by Gasteiger charge is 2.32. The first-order valence-corrected chi connectivity index (χ1v) is 8.75. The fraction of sp³-hybridized carbons (Fsp3) is 0.417. The van der Waals surface area contributed by atoms with Gasteiger partial charge in [0.15, 0.2) is 0 Å². The summed E-state index contributed by atoms with van der Waals surface area (Å²) in [4.78, 5) is 12.0. The summed E-state index contributed by atoms with van der Waals surface area (Å²) < 4.78 is 27.3. The number of hydrogen-bond acceptors (Lipinski definition) is 5. The van der Waals surface area contributed by atoms with E-state index in [4.69, 9.17) is 4.18 Å². The van der Waals surface area contributed by atoms with Crippen molar-refractivity contribution in [3.63, 3.8) is 0 Å². The average Bonchev–Trinajstić information content (AvgIpc) is 2.75. The van der Waals surface area contributed by atoms with E-state index in [1.807, 2.05) is 6.07 Å². The van der Waals surface area contributed by atoms with Gasteiger partial charge in [0.05, 0.1) is 12.3 Å². The Morgan fingerprint density at radius 1 is 1.32 bits per heavy atom. The lowest BCUT2D eigenvalue weighted by atomic mass is 10.1. The predicted molar refractivity (Wildman–Crippen MR) is 74.7 cm³/mol. The largest absolute Gasteiger partial charge is 0.346 e. The van der Waals surface area contributed by atoms with Crippen molar-refractivity contribution in [3.05, 3.63) is 35.9 Å². The van der Waals surface area contributed by atoms with Crippen LogP contribution in [0.4, 0.5) is 0 Å². The van der Waals surface area contributed by atoms with Gasteiger partial charge in [-0.1, -0.05) is 18.2 Å². The normalized spacial score (nSPS) is 23.2. The predicted octanol–water partition coefficient (Wildman–Crippen LogP) is 0.877. The van der Waals surface area contributed by atoms with Crippen molar-refractivity contribution in [2.24, 2.45) is 0 Å². The van der Waals surface area contributed by atoms with Crippen LogP contribution in [0.3, 0.4) is 0 Å². The minimum atomic E-state index is -3.51. The van der Waals surface area contributed by atoms with E-state index in [1.54, 1.807) is 36.0 Å². The van der Waals surface area contributed by atoms with E-state index in [1.165, 1.54) is 0 Å². The Morgan fingerprint density at radius 2 is 2.00 bits per heavy atom. The molecule has 0 spiro atoms. The molecule has 1 N–H and O–H groups in total. The number of hydrogen-bond donors (Lipinski definition) is 1. The van der Waals surface area contributed by atoms with E-state index in [0.717, 1.165) is 6.26 Å². The van der Waals surface area contributed by atoms with Crippen LogP contribution in [0, 0.1) is 0 Å². The number of nitrogens with one attached hydrogen (secondary N) is 1. The van der Waals surface area contributed by atoms with Crippen LogP contribution in [-0.2, 0) is 14.3 Å². The Morgan fingerprint density at radius 3 is 2.63 bits per heavy atom. The van der Waals surface area contributed by atoms with Gasteiger partial charge in [0.25, 0.3) is 16.0 Å². The molecule has 2 rings (SSSR count). The summed E-state index contributed by atoms with van der Waals surface area (Å²) in [5, 5.41) is 2.82. The third-order valence-corrected chi connectivity index (χ3v) is 4.44. The highest BCUT2D eigenvalue weighted by atomic mass is 32.2. The summed E-state index contributed by atoms with van der Waals surface area (Å²) in [6, 6.07) is 8.53. The molecule has 1 amide bonds. The van der Waals surface area contributed by atoms with Crippen LogP contribution >= 0.6 is 11.8 Å². The molecule has 5 nitrogen and oxygen atoms in total. The summed E-state index contributed by atoms with van der Waals surface area (Å²) in [6.07, 6.45) is 0.527. The van der Waals surface area contributed by atoms with E-state index >= 15 is 0 Å². The average molecular weight is 301 g/mol. The van der Waals surface area contributed by atoms with Crippen molar-refractivity contribution < 1.29 is 17.4 Å². The number of carbonyl (C=O) groups excluding carboxylic acids is 1. The highest BCUT2D eigenvalue weighted by Crippen LogP contribution is 2.22. The maximum atomic E-state index is 12.0. The molecule has 104 valence electrons. The van der Waals surface area contributed by atoms with Gasteiger partial charge in [0.1, 0.15) is 6.10 Å². The number of carbonyl (C=O) groups is 1. The summed E-state index contributed by atoms with van der Waals surface area (Å²) in [5.74, 6) is 1.00. The zero-order chi connectivity index (χ0) is 13.9. The number of benzene rings is 1. The maximum absolute atomic E-state index is 12.0. The molecule has 1 aliphatic rings. The minimum absolute atomic E-state index is 0.213. The van der Waals surface area contributed by atoms with Gasteiger partial charge in [0.2, 0.25) is 0 Å². The standard InChI is InChI=1S/C12H15NO4S2/c1-19(15,16)17-11-8-18-7-10(11)13-12(14)9-5-3-2-4-6-9/h2-6,10-11H,7-8H2,1H3,(H,13,14)/t10-,11-/m1/s1. The second-order valence-electron chi connectivity index (χ2n) is 4.32. The first-order chi connectivity index (χ1) is 8.96. The van der Waals surface area contributed by atoms with Crippen LogP contribution in [0.1, 0.15) is 10.4 Å². The topological polar surface area (TPSA) is 72.5 Å².